The second-order valence-corrected chi connectivity index (χ2v) is 6.93. The Hall–Kier alpha value is -3.22. The summed E-state index contributed by atoms with van der Waals surface area (Å²) in [4.78, 5) is 25.4. The van der Waals surface area contributed by atoms with Crippen molar-refractivity contribution in [3.05, 3.63) is 48.0 Å². The third-order valence-electron chi connectivity index (χ3n) is 4.81. The first-order chi connectivity index (χ1) is 13.6. The molecule has 2 aliphatic heterocycles. The average molecular weight is 382 g/mol. The lowest BCUT2D eigenvalue weighted by atomic mass is 10.0. The number of hydrogen-bond acceptors (Lipinski definition) is 5. The van der Waals surface area contributed by atoms with Crippen LogP contribution in [0.15, 0.2) is 42.5 Å². The normalized spacial score (nSPS) is 17.3. The van der Waals surface area contributed by atoms with Crippen LogP contribution in [0, 0.1) is 0 Å². The molecule has 0 saturated carbocycles. The molecule has 2 aromatic carbocycles. The Bertz CT molecular complexity index is 898. The van der Waals surface area contributed by atoms with Gasteiger partial charge in [-0.15, -0.1) is 0 Å². The second kappa shape index (κ2) is 7.80. The van der Waals surface area contributed by atoms with Crippen molar-refractivity contribution >= 4 is 17.5 Å². The fourth-order valence-corrected chi connectivity index (χ4v) is 3.27. The Labute approximate surface area is 163 Å². The van der Waals surface area contributed by atoms with Gasteiger partial charge in [-0.3, -0.25) is 9.59 Å². The molecule has 2 amide bonds. The van der Waals surface area contributed by atoms with E-state index in [4.69, 9.17) is 14.2 Å². The Balaban J connectivity index is 1.29. The van der Waals surface area contributed by atoms with E-state index in [1.807, 2.05) is 30.3 Å². The van der Waals surface area contributed by atoms with Crippen molar-refractivity contribution in [1.29, 1.82) is 0 Å². The lowest BCUT2D eigenvalue weighted by Crippen LogP contribution is -2.43. The van der Waals surface area contributed by atoms with E-state index >= 15 is 0 Å². The number of likely N-dealkylation sites (N-methyl/N-ethyl adjacent to an activating group) is 1. The van der Waals surface area contributed by atoms with Crippen LogP contribution in [-0.2, 0) is 16.0 Å². The summed E-state index contributed by atoms with van der Waals surface area (Å²) >= 11 is 0. The van der Waals surface area contributed by atoms with Crippen LogP contribution in [0.4, 0.5) is 5.69 Å². The fourth-order valence-electron chi connectivity index (χ4n) is 3.27. The molecule has 2 aliphatic rings. The minimum atomic E-state index is -0.226. The zero-order chi connectivity index (χ0) is 19.5. The number of carbonyl (C=O) groups excluding carboxylic acids is 2. The van der Waals surface area contributed by atoms with E-state index in [9.17, 15) is 9.59 Å². The summed E-state index contributed by atoms with van der Waals surface area (Å²) in [5, 5.41) is 2.83. The van der Waals surface area contributed by atoms with Gasteiger partial charge >= 0.3 is 0 Å². The summed E-state index contributed by atoms with van der Waals surface area (Å²) in [5.41, 5.74) is 1.83. The molecule has 7 heteroatoms. The number of fused-ring (bicyclic) bond motifs is 2. The van der Waals surface area contributed by atoms with Crippen LogP contribution in [-0.4, -0.2) is 49.6 Å². The van der Waals surface area contributed by atoms with Crippen LogP contribution in [0.5, 0.6) is 17.2 Å². The van der Waals surface area contributed by atoms with Gasteiger partial charge in [0.2, 0.25) is 5.91 Å². The maximum Gasteiger partial charge on any atom is 0.260 e. The first-order valence-corrected chi connectivity index (χ1v) is 9.26. The van der Waals surface area contributed by atoms with Gasteiger partial charge in [-0.1, -0.05) is 12.1 Å². The molecule has 0 unspecified atom stereocenters. The molecule has 0 bridgehead atoms. The largest absolute Gasteiger partial charge is 0.486 e. The van der Waals surface area contributed by atoms with E-state index in [2.05, 4.69) is 5.32 Å². The molecule has 0 aliphatic carbocycles. The molecule has 1 atom stereocenters. The first-order valence-electron chi connectivity index (χ1n) is 9.26. The minimum Gasteiger partial charge on any atom is -0.486 e. The van der Waals surface area contributed by atoms with Crippen molar-refractivity contribution < 1.29 is 23.8 Å². The smallest absolute Gasteiger partial charge is 0.260 e. The fraction of sp³-hybridized carbons (Fsp3) is 0.333. The summed E-state index contributed by atoms with van der Waals surface area (Å²) < 4.78 is 17.2. The molecule has 0 radical (unpaired) electrons. The summed E-state index contributed by atoms with van der Waals surface area (Å²) in [6.45, 7) is 0.741. The molecule has 7 nitrogen and oxygen atoms in total. The Morgan fingerprint density at radius 2 is 2.04 bits per heavy atom. The number of carbonyl (C=O) groups is 2. The monoisotopic (exact) mass is 382 g/mol. The zero-order valence-corrected chi connectivity index (χ0v) is 15.6. The Morgan fingerprint density at radius 3 is 2.89 bits per heavy atom. The van der Waals surface area contributed by atoms with Crippen molar-refractivity contribution in [2.24, 2.45) is 0 Å². The molecular weight excluding hydrogens is 360 g/mol. The number of benzene rings is 2. The number of rotatable bonds is 5. The van der Waals surface area contributed by atoms with Crippen LogP contribution in [0.25, 0.3) is 0 Å². The highest BCUT2D eigenvalue weighted by Gasteiger charge is 2.24. The van der Waals surface area contributed by atoms with E-state index in [0.717, 1.165) is 17.0 Å². The summed E-state index contributed by atoms with van der Waals surface area (Å²) in [6, 6.07) is 12.9. The second-order valence-electron chi connectivity index (χ2n) is 6.93. The lowest BCUT2D eigenvalue weighted by Gasteiger charge is -2.29. The predicted octanol–water partition coefficient (Wildman–Crippen LogP) is 2.25. The van der Waals surface area contributed by atoms with Gasteiger partial charge in [-0.2, -0.15) is 0 Å². The Morgan fingerprint density at radius 1 is 1.21 bits per heavy atom. The van der Waals surface area contributed by atoms with Gasteiger partial charge in [0, 0.05) is 19.2 Å². The highest BCUT2D eigenvalue weighted by molar-refractivity contribution is 5.94. The van der Waals surface area contributed by atoms with Gasteiger partial charge in [0.1, 0.15) is 12.4 Å². The zero-order valence-electron chi connectivity index (χ0n) is 15.6. The predicted molar refractivity (Wildman–Crippen MR) is 103 cm³/mol. The molecule has 2 aromatic rings. The highest BCUT2D eigenvalue weighted by atomic mass is 16.6. The number of nitrogens with one attached hydrogen (secondary N) is 1. The van der Waals surface area contributed by atoms with Gasteiger partial charge in [-0.25, -0.2) is 0 Å². The maximum absolute atomic E-state index is 12.4. The standard InChI is InChI=1S/C21H22N2O5/c1-23(11-16-12-27-18-4-2-3-5-19(18)28-16)21(25)13-26-15-7-8-17-14(10-15)6-9-20(24)22-17/h2-5,7-8,10,16H,6,9,11-13H2,1H3,(H,22,24)/t16-/m1/s1. The molecule has 2 heterocycles. The number of amides is 2. The summed E-state index contributed by atoms with van der Waals surface area (Å²) in [7, 11) is 1.72. The SMILES string of the molecule is CN(C[C@@H]1COc2ccccc2O1)C(=O)COc1ccc2c(c1)CCC(=O)N2. The van der Waals surface area contributed by atoms with Crippen molar-refractivity contribution in [2.75, 3.05) is 32.1 Å². The van der Waals surface area contributed by atoms with Gasteiger partial charge in [0.15, 0.2) is 24.2 Å². The van der Waals surface area contributed by atoms with E-state index in [1.54, 1.807) is 24.1 Å². The van der Waals surface area contributed by atoms with Crippen LogP contribution >= 0.6 is 0 Å². The number of nitrogens with zero attached hydrogens (tertiary/aromatic N) is 1. The van der Waals surface area contributed by atoms with Crippen molar-refractivity contribution in [3.8, 4) is 17.2 Å². The molecule has 1 N–H and O–H groups in total. The molecule has 4 rings (SSSR count). The highest BCUT2D eigenvalue weighted by Crippen LogP contribution is 2.31. The van der Waals surface area contributed by atoms with Crippen molar-refractivity contribution in [2.45, 2.75) is 18.9 Å². The van der Waals surface area contributed by atoms with Gasteiger partial charge in [0.25, 0.3) is 5.91 Å². The third-order valence-corrected chi connectivity index (χ3v) is 4.81. The third kappa shape index (κ3) is 4.03. The van der Waals surface area contributed by atoms with E-state index < -0.39 is 0 Å². The number of ether oxygens (including phenoxy) is 3. The quantitative estimate of drug-likeness (QED) is 0.858. The first kappa shape index (κ1) is 18.2. The lowest BCUT2D eigenvalue weighted by molar-refractivity contribution is -0.133. The number of aryl methyl sites for hydroxylation is 1. The molecule has 28 heavy (non-hydrogen) atoms. The van der Waals surface area contributed by atoms with Crippen LogP contribution in [0.3, 0.4) is 0 Å². The van der Waals surface area contributed by atoms with Gasteiger partial charge in [-0.05, 0) is 42.3 Å². The van der Waals surface area contributed by atoms with Gasteiger partial charge < -0.3 is 24.4 Å². The average Bonchev–Trinajstić information content (AvgIpc) is 2.71. The topological polar surface area (TPSA) is 77.1 Å². The van der Waals surface area contributed by atoms with E-state index in [0.29, 0.717) is 37.5 Å². The molecular formula is C21H22N2O5. The minimum absolute atomic E-state index is 0.0227. The van der Waals surface area contributed by atoms with Crippen molar-refractivity contribution in [3.63, 3.8) is 0 Å². The molecule has 146 valence electrons. The van der Waals surface area contributed by atoms with Crippen LogP contribution in [0.1, 0.15) is 12.0 Å². The molecule has 0 spiro atoms. The van der Waals surface area contributed by atoms with Gasteiger partial charge in [0.05, 0.1) is 6.54 Å². The molecule has 0 saturated heterocycles. The maximum atomic E-state index is 12.4. The number of anilines is 1. The number of para-hydroxylation sites is 2. The van der Waals surface area contributed by atoms with Crippen LogP contribution in [0.2, 0.25) is 0 Å². The van der Waals surface area contributed by atoms with E-state index in [1.165, 1.54) is 0 Å². The van der Waals surface area contributed by atoms with E-state index in [-0.39, 0.29) is 24.5 Å². The van der Waals surface area contributed by atoms with Crippen molar-refractivity contribution in [1.82, 2.24) is 4.90 Å². The molecule has 0 aromatic heterocycles. The molecule has 0 fully saturated rings. The summed E-state index contributed by atoms with van der Waals surface area (Å²) in [6.07, 6.45) is 0.911. The Kier molecular flexibility index (Phi) is 5.06. The summed E-state index contributed by atoms with van der Waals surface area (Å²) in [5.74, 6) is 1.91. The number of hydrogen-bond donors (Lipinski definition) is 1. The van der Waals surface area contributed by atoms with Crippen LogP contribution < -0.4 is 19.5 Å².